The van der Waals surface area contributed by atoms with E-state index >= 15 is 0 Å². The first-order valence-corrected chi connectivity index (χ1v) is 8.00. The number of carbonyl (C=O) groups is 1. The van der Waals surface area contributed by atoms with Crippen LogP contribution in [0.4, 0.5) is 0 Å². The molecule has 5 nitrogen and oxygen atoms in total. The second kappa shape index (κ2) is 8.13. The molecule has 23 heavy (non-hydrogen) atoms. The summed E-state index contributed by atoms with van der Waals surface area (Å²) in [5.41, 5.74) is 2.91. The maximum absolute atomic E-state index is 13.1. The summed E-state index contributed by atoms with van der Waals surface area (Å²) in [6.07, 6.45) is 0. The third kappa shape index (κ3) is 3.57. The van der Waals surface area contributed by atoms with Crippen molar-refractivity contribution in [3.8, 4) is 0 Å². The first-order valence-electron chi connectivity index (χ1n) is 8.00. The Morgan fingerprint density at radius 1 is 1.13 bits per heavy atom. The number of aromatic nitrogens is 1. The Morgan fingerprint density at radius 2 is 1.74 bits per heavy atom. The predicted molar refractivity (Wildman–Crippen MR) is 92.0 cm³/mol. The third-order valence-electron chi connectivity index (χ3n) is 4.16. The molecule has 0 unspecified atom stereocenters. The highest BCUT2D eigenvalue weighted by Gasteiger charge is 2.23. The highest BCUT2D eigenvalue weighted by atomic mass is 16.5. The fraction of sp³-hybridized carbons (Fsp3) is 0.500. The van der Waals surface area contributed by atoms with E-state index in [1.807, 2.05) is 19.1 Å². The van der Waals surface area contributed by atoms with E-state index in [-0.39, 0.29) is 5.91 Å². The number of amides is 1. The van der Waals surface area contributed by atoms with Gasteiger partial charge in [-0.1, -0.05) is 18.2 Å². The zero-order valence-corrected chi connectivity index (χ0v) is 14.5. The van der Waals surface area contributed by atoms with Crippen molar-refractivity contribution in [1.82, 2.24) is 9.47 Å². The molecule has 0 fully saturated rings. The van der Waals surface area contributed by atoms with Gasteiger partial charge in [0, 0.05) is 44.8 Å². The van der Waals surface area contributed by atoms with E-state index in [2.05, 4.69) is 23.6 Å². The van der Waals surface area contributed by atoms with Gasteiger partial charge in [-0.25, -0.2) is 0 Å². The van der Waals surface area contributed by atoms with Crippen molar-refractivity contribution >= 4 is 16.8 Å². The van der Waals surface area contributed by atoms with Crippen LogP contribution in [0.1, 0.15) is 23.0 Å². The standard InChI is InChI=1S/C18H26N2O3/c1-5-20-16-9-7-6-8-15(16)14(2)17(20)18(21)19(10-12-22-3)11-13-23-4/h6-9H,5,10-13H2,1-4H3. The predicted octanol–water partition coefficient (Wildman–Crippen LogP) is 2.70. The van der Waals surface area contributed by atoms with Gasteiger partial charge < -0.3 is 18.9 Å². The van der Waals surface area contributed by atoms with Gasteiger partial charge in [0.15, 0.2) is 0 Å². The number of methoxy groups -OCH3 is 2. The van der Waals surface area contributed by atoms with Crippen LogP contribution in [0.2, 0.25) is 0 Å². The summed E-state index contributed by atoms with van der Waals surface area (Å²) < 4.78 is 12.4. The molecule has 0 saturated carbocycles. The van der Waals surface area contributed by atoms with Gasteiger partial charge in [0.25, 0.3) is 5.91 Å². The Labute approximate surface area is 137 Å². The number of ether oxygens (including phenoxy) is 2. The average Bonchev–Trinajstić information content (AvgIpc) is 2.87. The van der Waals surface area contributed by atoms with Crippen molar-refractivity contribution in [3.63, 3.8) is 0 Å². The van der Waals surface area contributed by atoms with Crippen LogP contribution in [-0.4, -0.2) is 55.9 Å². The van der Waals surface area contributed by atoms with Crippen molar-refractivity contribution in [3.05, 3.63) is 35.5 Å². The molecule has 0 aliphatic rings. The van der Waals surface area contributed by atoms with Crippen LogP contribution in [0.3, 0.4) is 0 Å². The highest BCUT2D eigenvalue weighted by Crippen LogP contribution is 2.26. The molecule has 0 spiro atoms. The molecule has 2 rings (SSSR count). The summed E-state index contributed by atoms with van der Waals surface area (Å²) in [6, 6.07) is 8.16. The van der Waals surface area contributed by atoms with Crippen LogP contribution in [0.25, 0.3) is 10.9 Å². The molecule has 126 valence electrons. The Hall–Kier alpha value is -1.85. The smallest absolute Gasteiger partial charge is 0.270 e. The first-order chi connectivity index (χ1) is 11.2. The molecule has 0 N–H and O–H groups in total. The summed E-state index contributed by atoms with van der Waals surface area (Å²) in [4.78, 5) is 14.9. The van der Waals surface area contributed by atoms with E-state index in [0.717, 1.165) is 28.7 Å². The number of aryl methyl sites for hydroxylation is 2. The second-order valence-corrected chi connectivity index (χ2v) is 5.51. The molecule has 0 aliphatic heterocycles. The van der Waals surface area contributed by atoms with E-state index in [0.29, 0.717) is 26.3 Å². The molecule has 2 aromatic rings. The molecule has 0 atom stereocenters. The van der Waals surface area contributed by atoms with Crippen LogP contribution < -0.4 is 0 Å². The van der Waals surface area contributed by atoms with Crippen molar-refractivity contribution < 1.29 is 14.3 Å². The number of fused-ring (bicyclic) bond motifs is 1. The molecule has 1 amide bonds. The SMILES string of the molecule is CCn1c(C(=O)N(CCOC)CCOC)c(C)c2ccccc21. The van der Waals surface area contributed by atoms with Crippen LogP contribution >= 0.6 is 0 Å². The number of hydrogen-bond donors (Lipinski definition) is 0. The Morgan fingerprint density at radius 3 is 2.30 bits per heavy atom. The fourth-order valence-corrected chi connectivity index (χ4v) is 2.95. The van der Waals surface area contributed by atoms with E-state index < -0.39 is 0 Å². The molecule has 1 aromatic heterocycles. The number of carbonyl (C=O) groups excluding carboxylic acids is 1. The van der Waals surface area contributed by atoms with Gasteiger partial charge in [0.1, 0.15) is 5.69 Å². The molecule has 0 bridgehead atoms. The monoisotopic (exact) mass is 318 g/mol. The topological polar surface area (TPSA) is 43.7 Å². The molecule has 0 radical (unpaired) electrons. The maximum Gasteiger partial charge on any atom is 0.270 e. The highest BCUT2D eigenvalue weighted by molar-refractivity contribution is 6.01. The van der Waals surface area contributed by atoms with E-state index in [1.54, 1.807) is 19.1 Å². The molecular weight excluding hydrogens is 292 g/mol. The van der Waals surface area contributed by atoms with E-state index in [1.165, 1.54) is 0 Å². The molecule has 1 heterocycles. The minimum atomic E-state index is 0.0367. The van der Waals surface area contributed by atoms with Crippen LogP contribution in [0, 0.1) is 6.92 Å². The Bertz CT molecular complexity index is 656. The lowest BCUT2D eigenvalue weighted by atomic mass is 10.1. The van der Waals surface area contributed by atoms with E-state index in [9.17, 15) is 4.79 Å². The average molecular weight is 318 g/mol. The summed E-state index contributed by atoms with van der Waals surface area (Å²) in [5, 5.41) is 1.14. The van der Waals surface area contributed by atoms with Crippen molar-refractivity contribution in [2.24, 2.45) is 0 Å². The quantitative estimate of drug-likeness (QED) is 0.751. The zero-order valence-electron chi connectivity index (χ0n) is 14.5. The Kier molecular flexibility index (Phi) is 6.19. The van der Waals surface area contributed by atoms with Gasteiger partial charge in [-0.3, -0.25) is 4.79 Å². The number of para-hydroxylation sites is 1. The van der Waals surface area contributed by atoms with Crippen molar-refractivity contribution in [2.75, 3.05) is 40.5 Å². The van der Waals surface area contributed by atoms with Crippen LogP contribution in [0.15, 0.2) is 24.3 Å². The van der Waals surface area contributed by atoms with Crippen LogP contribution in [0.5, 0.6) is 0 Å². The molecular formula is C18H26N2O3. The molecule has 0 saturated heterocycles. The summed E-state index contributed by atoms with van der Waals surface area (Å²) in [7, 11) is 3.29. The largest absolute Gasteiger partial charge is 0.383 e. The minimum Gasteiger partial charge on any atom is -0.383 e. The lowest BCUT2D eigenvalue weighted by Crippen LogP contribution is -2.37. The molecule has 5 heteroatoms. The Balaban J connectivity index is 2.43. The number of rotatable bonds is 8. The second-order valence-electron chi connectivity index (χ2n) is 5.51. The van der Waals surface area contributed by atoms with Gasteiger partial charge in [-0.15, -0.1) is 0 Å². The van der Waals surface area contributed by atoms with Crippen molar-refractivity contribution in [2.45, 2.75) is 20.4 Å². The lowest BCUT2D eigenvalue weighted by Gasteiger charge is -2.23. The normalized spacial score (nSPS) is 11.1. The molecule has 0 aliphatic carbocycles. The number of hydrogen-bond acceptors (Lipinski definition) is 3. The van der Waals surface area contributed by atoms with Gasteiger partial charge >= 0.3 is 0 Å². The summed E-state index contributed by atoms with van der Waals surface area (Å²) in [5.74, 6) is 0.0367. The summed E-state index contributed by atoms with van der Waals surface area (Å²) >= 11 is 0. The van der Waals surface area contributed by atoms with E-state index in [4.69, 9.17) is 9.47 Å². The van der Waals surface area contributed by atoms with Crippen molar-refractivity contribution in [1.29, 1.82) is 0 Å². The third-order valence-corrected chi connectivity index (χ3v) is 4.16. The zero-order chi connectivity index (χ0) is 16.8. The number of nitrogens with zero attached hydrogens (tertiary/aromatic N) is 2. The fourth-order valence-electron chi connectivity index (χ4n) is 2.95. The minimum absolute atomic E-state index is 0.0367. The maximum atomic E-state index is 13.1. The van der Waals surface area contributed by atoms with Gasteiger partial charge in [-0.2, -0.15) is 0 Å². The summed E-state index contributed by atoms with van der Waals surface area (Å²) in [6.45, 7) is 7.00. The molecule has 1 aromatic carbocycles. The first kappa shape index (κ1) is 17.5. The lowest BCUT2D eigenvalue weighted by molar-refractivity contribution is 0.0617. The van der Waals surface area contributed by atoms with Crippen LogP contribution in [-0.2, 0) is 16.0 Å². The number of benzene rings is 1. The van der Waals surface area contributed by atoms with Gasteiger partial charge in [-0.05, 0) is 25.5 Å². The van der Waals surface area contributed by atoms with Gasteiger partial charge in [0.05, 0.1) is 13.2 Å². The van der Waals surface area contributed by atoms with Gasteiger partial charge in [0.2, 0.25) is 0 Å².